The van der Waals surface area contributed by atoms with E-state index in [1.54, 1.807) is 33.1 Å². The highest BCUT2D eigenvalue weighted by Crippen LogP contribution is 2.25. The lowest BCUT2D eigenvalue weighted by atomic mass is 9.99. The molecule has 1 aromatic carbocycles. The molecule has 118 valence electrons. The number of aryl methyl sites for hydroxylation is 2. The van der Waals surface area contributed by atoms with Crippen molar-refractivity contribution in [2.75, 3.05) is 18.6 Å². The molecule has 0 aromatic heterocycles. The molecule has 0 radical (unpaired) electrons. The molecule has 0 fully saturated rings. The molecule has 0 spiro atoms. The van der Waals surface area contributed by atoms with Gasteiger partial charge in [0.2, 0.25) is 10.0 Å². The van der Waals surface area contributed by atoms with E-state index < -0.39 is 20.8 Å². The van der Waals surface area contributed by atoms with Gasteiger partial charge >= 0.3 is 0 Å². The topological polar surface area (TPSA) is 106 Å². The van der Waals surface area contributed by atoms with Gasteiger partial charge in [0.25, 0.3) is 5.91 Å². The molecule has 1 atom stereocenters. The van der Waals surface area contributed by atoms with Gasteiger partial charge in [-0.25, -0.2) is 13.6 Å². The average Bonchev–Trinajstić information content (AvgIpc) is 2.24. The molecule has 1 rings (SSSR count). The molecule has 0 saturated carbocycles. The fourth-order valence-electron chi connectivity index (χ4n) is 2.35. The van der Waals surface area contributed by atoms with Crippen LogP contribution in [0.5, 0.6) is 0 Å². The quantitative estimate of drug-likeness (QED) is 0.812. The van der Waals surface area contributed by atoms with Crippen molar-refractivity contribution in [3.8, 4) is 0 Å². The molecule has 8 heteroatoms. The van der Waals surface area contributed by atoms with Crippen LogP contribution in [0.4, 0.5) is 0 Å². The van der Waals surface area contributed by atoms with E-state index in [0.717, 1.165) is 0 Å². The van der Waals surface area contributed by atoms with Crippen LogP contribution >= 0.6 is 0 Å². The summed E-state index contributed by atoms with van der Waals surface area (Å²) in [5.41, 5.74) is 1.82. The van der Waals surface area contributed by atoms with Crippen LogP contribution in [0.1, 0.15) is 27.0 Å². The van der Waals surface area contributed by atoms with Gasteiger partial charge in [0.15, 0.2) is 0 Å². The first-order valence-corrected chi connectivity index (χ1v) is 9.55. The van der Waals surface area contributed by atoms with Gasteiger partial charge in [-0.3, -0.25) is 9.00 Å². The summed E-state index contributed by atoms with van der Waals surface area (Å²) >= 11 is 0. The minimum absolute atomic E-state index is 0.0164. The summed E-state index contributed by atoms with van der Waals surface area (Å²) in [7, 11) is -4.90. The SMILES string of the molecule is Cc1cc(C)c(S(N)(=O)=O)c(C)c1C(=O)NCCS(C)=O. The van der Waals surface area contributed by atoms with E-state index in [4.69, 9.17) is 5.14 Å². The number of rotatable bonds is 5. The molecular formula is C13H20N2O4S2. The van der Waals surface area contributed by atoms with Gasteiger partial charge in [0.1, 0.15) is 0 Å². The number of nitrogens with two attached hydrogens (primary N) is 1. The lowest BCUT2D eigenvalue weighted by molar-refractivity contribution is 0.0954. The van der Waals surface area contributed by atoms with Crippen molar-refractivity contribution in [2.24, 2.45) is 5.14 Å². The molecule has 21 heavy (non-hydrogen) atoms. The molecule has 0 aliphatic rings. The van der Waals surface area contributed by atoms with Crippen LogP contribution in [0, 0.1) is 20.8 Å². The van der Waals surface area contributed by atoms with Crippen LogP contribution in [0.15, 0.2) is 11.0 Å². The van der Waals surface area contributed by atoms with Crippen LogP contribution in [0.25, 0.3) is 0 Å². The fraction of sp³-hybridized carbons (Fsp3) is 0.462. The minimum Gasteiger partial charge on any atom is -0.351 e. The largest absolute Gasteiger partial charge is 0.351 e. The third kappa shape index (κ3) is 4.36. The standard InChI is InChI=1S/C13H20N2O4S2/c1-8-7-9(2)12(21(14,18)19)10(3)11(8)13(16)15-5-6-20(4)17/h7H,5-6H2,1-4H3,(H,15,16)(H2,14,18,19). The highest BCUT2D eigenvalue weighted by Gasteiger charge is 2.22. The molecule has 6 nitrogen and oxygen atoms in total. The Labute approximate surface area is 127 Å². The van der Waals surface area contributed by atoms with E-state index in [9.17, 15) is 17.4 Å². The van der Waals surface area contributed by atoms with Gasteiger partial charge in [0, 0.05) is 34.9 Å². The maximum atomic E-state index is 12.2. The normalized spacial score (nSPS) is 13.0. The number of amides is 1. The molecule has 0 heterocycles. The Morgan fingerprint density at radius 2 is 1.86 bits per heavy atom. The zero-order valence-electron chi connectivity index (χ0n) is 12.5. The van der Waals surface area contributed by atoms with E-state index in [1.165, 1.54) is 0 Å². The number of hydrogen-bond donors (Lipinski definition) is 2. The number of sulfonamides is 1. The third-order valence-corrected chi connectivity index (χ3v) is 5.06. The second kappa shape index (κ2) is 6.67. The van der Waals surface area contributed by atoms with Crippen molar-refractivity contribution >= 4 is 26.7 Å². The number of nitrogens with one attached hydrogen (secondary N) is 1. The van der Waals surface area contributed by atoms with Crippen molar-refractivity contribution in [2.45, 2.75) is 25.7 Å². The van der Waals surface area contributed by atoms with Crippen molar-refractivity contribution in [3.05, 3.63) is 28.3 Å². The molecule has 3 N–H and O–H groups in total. The fourth-order valence-corrected chi connectivity index (χ4v) is 3.78. The van der Waals surface area contributed by atoms with Gasteiger partial charge in [-0.2, -0.15) is 0 Å². The molecular weight excluding hydrogens is 312 g/mol. The van der Waals surface area contributed by atoms with E-state index in [-0.39, 0.29) is 17.3 Å². The number of carbonyl (C=O) groups excluding carboxylic acids is 1. The number of benzene rings is 1. The Bertz CT molecular complexity index is 697. The second-order valence-electron chi connectivity index (χ2n) is 4.92. The zero-order chi connectivity index (χ0) is 16.4. The molecule has 0 bridgehead atoms. The first-order valence-electron chi connectivity index (χ1n) is 6.27. The molecule has 1 unspecified atom stereocenters. The van der Waals surface area contributed by atoms with Crippen molar-refractivity contribution in [1.82, 2.24) is 5.32 Å². The van der Waals surface area contributed by atoms with E-state index in [1.807, 2.05) is 0 Å². The molecule has 1 amide bonds. The highest BCUT2D eigenvalue weighted by atomic mass is 32.2. The summed E-state index contributed by atoms with van der Waals surface area (Å²) in [6.07, 6.45) is 1.55. The van der Waals surface area contributed by atoms with Gasteiger partial charge in [-0.05, 0) is 37.5 Å². The zero-order valence-corrected chi connectivity index (χ0v) is 14.2. The summed E-state index contributed by atoms with van der Waals surface area (Å²) < 4.78 is 34.3. The Kier molecular flexibility index (Phi) is 5.66. The summed E-state index contributed by atoms with van der Waals surface area (Å²) in [5, 5.41) is 7.86. The lowest BCUT2D eigenvalue weighted by Gasteiger charge is -2.15. The van der Waals surface area contributed by atoms with Crippen LogP contribution in [0.3, 0.4) is 0 Å². The molecule has 0 aliphatic heterocycles. The maximum Gasteiger partial charge on any atom is 0.251 e. The second-order valence-corrected chi connectivity index (χ2v) is 7.97. The summed E-state index contributed by atoms with van der Waals surface area (Å²) in [5.74, 6) is -0.0436. The first kappa shape index (κ1) is 17.8. The van der Waals surface area contributed by atoms with E-state index in [2.05, 4.69) is 5.32 Å². The van der Waals surface area contributed by atoms with Crippen molar-refractivity contribution in [3.63, 3.8) is 0 Å². The Hall–Kier alpha value is -1.25. The molecule has 0 saturated heterocycles. The Morgan fingerprint density at radius 1 is 1.29 bits per heavy atom. The van der Waals surface area contributed by atoms with Crippen LogP contribution in [-0.2, 0) is 20.8 Å². The van der Waals surface area contributed by atoms with Gasteiger partial charge in [-0.1, -0.05) is 6.07 Å². The van der Waals surface area contributed by atoms with Gasteiger partial charge in [-0.15, -0.1) is 0 Å². The monoisotopic (exact) mass is 332 g/mol. The Balaban J connectivity index is 3.25. The predicted molar refractivity (Wildman–Crippen MR) is 83.3 cm³/mol. The number of carbonyl (C=O) groups is 1. The molecule has 1 aromatic rings. The number of primary sulfonamides is 1. The lowest BCUT2D eigenvalue weighted by Crippen LogP contribution is -2.29. The molecule has 0 aliphatic carbocycles. The van der Waals surface area contributed by atoms with Crippen molar-refractivity contribution < 1.29 is 17.4 Å². The van der Waals surface area contributed by atoms with Crippen LogP contribution in [-0.4, -0.2) is 37.1 Å². The minimum atomic E-state index is -3.90. The van der Waals surface area contributed by atoms with E-state index in [0.29, 0.717) is 28.0 Å². The third-order valence-electron chi connectivity index (χ3n) is 3.09. The highest BCUT2D eigenvalue weighted by molar-refractivity contribution is 7.89. The van der Waals surface area contributed by atoms with Crippen LogP contribution < -0.4 is 10.5 Å². The van der Waals surface area contributed by atoms with Crippen LogP contribution in [0.2, 0.25) is 0 Å². The van der Waals surface area contributed by atoms with Gasteiger partial charge < -0.3 is 5.32 Å². The first-order chi connectivity index (χ1) is 9.55. The van der Waals surface area contributed by atoms with Gasteiger partial charge in [0.05, 0.1) is 4.90 Å². The maximum absolute atomic E-state index is 12.2. The summed E-state index contributed by atoms with van der Waals surface area (Å²) in [6.45, 7) is 5.20. The smallest absolute Gasteiger partial charge is 0.251 e. The predicted octanol–water partition coefficient (Wildman–Crippen LogP) is 0.368. The Morgan fingerprint density at radius 3 is 2.33 bits per heavy atom. The van der Waals surface area contributed by atoms with E-state index >= 15 is 0 Å². The summed E-state index contributed by atoms with van der Waals surface area (Å²) in [6, 6.07) is 1.62. The summed E-state index contributed by atoms with van der Waals surface area (Å²) in [4.78, 5) is 12.2. The van der Waals surface area contributed by atoms with Crippen molar-refractivity contribution in [1.29, 1.82) is 0 Å². The number of hydrogen-bond acceptors (Lipinski definition) is 4. The average molecular weight is 332 g/mol.